The van der Waals surface area contributed by atoms with Crippen LogP contribution in [-0.2, 0) is 12.8 Å². The molecule has 1 heteroatoms. The summed E-state index contributed by atoms with van der Waals surface area (Å²) in [7, 11) is 0. The number of hydrogen-bond acceptors (Lipinski definition) is 0. The van der Waals surface area contributed by atoms with Gasteiger partial charge in [0.15, 0.2) is 0 Å². The Morgan fingerprint density at radius 3 is 2.13 bits per heavy atom. The third kappa shape index (κ3) is 2.24. The number of aryl methyl sites for hydroxylation is 2. The number of aromatic nitrogens is 1. The molecule has 4 aromatic rings. The van der Waals surface area contributed by atoms with Gasteiger partial charge in [0, 0.05) is 17.1 Å². The molecule has 4 rings (SSSR count). The average Bonchev–Trinajstić information content (AvgIpc) is 2.95. The van der Waals surface area contributed by atoms with Gasteiger partial charge in [0.1, 0.15) is 0 Å². The molecule has 0 aliphatic heterocycles. The van der Waals surface area contributed by atoms with Crippen LogP contribution in [0.15, 0.2) is 66.9 Å². The summed E-state index contributed by atoms with van der Waals surface area (Å²) in [5, 5.41) is 1.32. The Labute approximate surface area is 137 Å². The molecule has 2 aromatic carbocycles. The predicted molar refractivity (Wildman–Crippen MR) is 99.1 cm³/mol. The maximum absolute atomic E-state index is 2.34. The molecule has 1 nitrogen and oxygen atoms in total. The molecular weight excluding hydrogens is 278 g/mol. The van der Waals surface area contributed by atoms with Gasteiger partial charge in [0.05, 0.1) is 11.0 Å². The van der Waals surface area contributed by atoms with Crippen molar-refractivity contribution in [1.82, 2.24) is 4.40 Å². The van der Waals surface area contributed by atoms with Crippen molar-refractivity contribution in [2.24, 2.45) is 0 Å². The largest absolute Gasteiger partial charge is 0.316 e. The molecule has 0 bridgehead atoms. The minimum absolute atomic E-state index is 1.06. The molecule has 0 fully saturated rings. The van der Waals surface area contributed by atoms with Crippen LogP contribution in [0, 0.1) is 0 Å². The van der Waals surface area contributed by atoms with E-state index in [1.165, 1.54) is 38.7 Å². The van der Waals surface area contributed by atoms with Gasteiger partial charge in [0.25, 0.3) is 0 Å². The Hall–Kier alpha value is -2.54. The van der Waals surface area contributed by atoms with Crippen molar-refractivity contribution in [3.8, 4) is 11.1 Å². The summed E-state index contributed by atoms with van der Waals surface area (Å²) in [5.41, 5.74) is 7.96. The van der Waals surface area contributed by atoms with E-state index in [1.54, 1.807) is 0 Å². The van der Waals surface area contributed by atoms with E-state index in [9.17, 15) is 0 Å². The fourth-order valence-corrected chi connectivity index (χ4v) is 3.40. The molecule has 0 saturated carbocycles. The number of fused-ring (bicyclic) bond motifs is 3. The molecule has 0 atom stereocenters. The highest BCUT2D eigenvalue weighted by molar-refractivity contribution is 6.05. The molecule has 0 radical (unpaired) electrons. The molecule has 114 valence electrons. The summed E-state index contributed by atoms with van der Waals surface area (Å²) in [6.07, 6.45) is 4.42. The molecule has 0 unspecified atom stereocenters. The molecular formula is C22H21N. The summed E-state index contributed by atoms with van der Waals surface area (Å²) >= 11 is 0. The lowest BCUT2D eigenvalue weighted by Crippen LogP contribution is -1.88. The summed E-state index contributed by atoms with van der Waals surface area (Å²) in [6.45, 7) is 4.40. The van der Waals surface area contributed by atoms with Crippen LogP contribution in [-0.4, -0.2) is 4.40 Å². The van der Waals surface area contributed by atoms with Gasteiger partial charge >= 0.3 is 0 Å². The van der Waals surface area contributed by atoms with E-state index in [-0.39, 0.29) is 0 Å². The number of pyridine rings is 1. The van der Waals surface area contributed by atoms with Crippen LogP contribution in [0.25, 0.3) is 27.5 Å². The molecule has 0 saturated heterocycles. The minimum Gasteiger partial charge on any atom is -0.316 e. The third-order valence-electron chi connectivity index (χ3n) is 4.76. The average molecular weight is 299 g/mol. The smallest absolute Gasteiger partial charge is 0.0541 e. The quantitative estimate of drug-likeness (QED) is 0.444. The fraction of sp³-hybridized carbons (Fsp3) is 0.182. The van der Waals surface area contributed by atoms with E-state index in [0.717, 1.165) is 12.8 Å². The van der Waals surface area contributed by atoms with Crippen LogP contribution in [0.5, 0.6) is 0 Å². The van der Waals surface area contributed by atoms with Gasteiger partial charge in [-0.3, -0.25) is 0 Å². The number of para-hydroxylation sites is 1. The number of nitrogens with zero attached hydrogens (tertiary/aromatic N) is 1. The first-order chi connectivity index (χ1) is 11.3. The fourth-order valence-electron chi connectivity index (χ4n) is 3.40. The van der Waals surface area contributed by atoms with Crippen LogP contribution in [0.3, 0.4) is 0 Å². The topological polar surface area (TPSA) is 4.41 Å². The Bertz CT molecular complexity index is 974. The highest BCUT2D eigenvalue weighted by atomic mass is 14.9. The highest BCUT2D eigenvalue weighted by Gasteiger charge is 2.13. The maximum Gasteiger partial charge on any atom is 0.0541 e. The first-order valence-electron chi connectivity index (χ1n) is 8.42. The molecule has 2 heterocycles. The Morgan fingerprint density at radius 1 is 0.696 bits per heavy atom. The lowest BCUT2D eigenvalue weighted by atomic mass is 10.0. The van der Waals surface area contributed by atoms with Gasteiger partial charge < -0.3 is 4.40 Å². The third-order valence-corrected chi connectivity index (χ3v) is 4.76. The van der Waals surface area contributed by atoms with E-state index in [0.29, 0.717) is 0 Å². The zero-order valence-corrected chi connectivity index (χ0v) is 13.7. The van der Waals surface area contributed by atoms with Crippen molar-refractivity contribution < 1.29 is 0 Å². The van der Waals surface area contributed by atoms with Crippen molar-refractivity contribution in [3.63, 3.8) is 0 Å². The zero-order chi connectivity index (χ0) is 15.8. The van der Waals surface area contributed by atoms with Gasteiger partial charge in [-0.05, 0) is 41.7 Å². The predicted octanol–water partition coefficient (Wildman–Crippen LogP) is 5.88. The Kier molecular flexibility index (Phi) is 3.42. The lowest BCUT2D eigenvalue weighted by Gasteiger charge is -2.04. The second-order valence-electron chi connectivity index (χ2n) is 6.09. The van der Waals surface area contributed by atoms with Crippen molar-refractivity contribution in [2.75, 3.05) is 0 Å². The molecule has 23 heavy (non-hydrogen) atoms. The van der Waals surface area contributed by atoms with Gasteiger partial charge in [0.2, 0.25) is 0 Å². The van der Waals surface area contributed by atoms with Crippen molar-refractivity contribution in [2.45, 2.75) is 26.7 Å². The van der Waals surface area contributed by atoms with Gasteiger partial charge in [-0.2, -0.15) is 0 Å². The molecule has 0 aliphatic carbocycles. The second-order valence-corrected chi connectivity index (χ2v) is 6.09. The monoisotopic (exact) mass is 299 g/mol. The van der Waals surface area contributed by atoms with Crippen LogP contribution < -0.4 is 0 Å². The van der Waals surface area contributed by atoms with Gasteiger partial charge in [-0.1, -0.05) is 62.4 Å². The van der Waals surface area contributed by atoms with Gasteiger partial charge in [-0.25, -0.2) is 0 Å². The lowest BCUT2D eigenvalue weighted by molar-refractivity contribution is 1.09. The minimum atomic E-state index is 1.06. The molecule has 0 aliphatic rings. The number of benzene rings is 2. The Morgan fingerprint density at radius 2 is 1.39 bits per heavy atom. The zero-order valence-electron chi connectivity index (χ0n) is 13.7. The Balaban J connectivity index is 2.06. The summed E-state index contributed by atoms with van der Waals surface area (Å²) in [6, 6.07) is 22.2. The standard InChI is InChI=1S/C22H21N/c1-3-16-9-12-18(13-10-16)22-19-7-5-6-8-20(19)23-15-17(4-2)11-14-21(22)23/h5-15H,3-4H2,1-2H3. The van der Waals surface area contributed by atoms with Crippen LogP contribution in [0.1, 0.15) is 25.0 Å². The van der Waals surface area contributed by atoms with Gasteiger partial charge in [-0.15, -0.1) is 0 Å². The highest BCUT2D eigenvalue weighted by Crippen LogP contribution is 2.35. The SMILES string of the molecule is CCc1ccc(-c2c3ccccc3n3cc(CC)ccc23)cc1. The van der Waals surface area contributed by atoms with E-state index in [4.69, 9.17) is 0 Å². The first kappa shape index (κ1) is 14.1. The van der Waals surface area contributed by atoms with Crippen molar-refractivity contribution in [1.29, 1.82) is 0 Å². The van der Waals surface area contributed by atoms with Crippen LogP contribution in [0.4, 0.5) is 0 Å². The van der Waals surface area contributed by atoms with E-state index < -0.39 is 0 Å². The van der Waals surface area contributed by atoms with Crippen LogP contribution in [0.2, 0.25) is 0 Å². The second kappa shape index (κ2) is 5.58. The maximum atomic E-state index is 2.34. The van der Waals surface area contributed by atoms with E-state index in [2.05, 4.69) is 85.1 Å². The number of rotatable bonds is 3. The van der Waals surface area contributed by atoms with Crippen LogP contribution >= 0.6 is 0 Å². The van der Waals surface area contributed by atoms with E-state index in [1.807, 2.05) is 0 Å². The summed E-state index contributed by atoms with van der Waals surface area (Å²) in [4.78, 5) is 0. The summed E-state index contributed by atoms with van der Waals surface area (Å²) < 4.78 is 2.34. The molecule has 0 spiro atoms. The summed E-state index contributed by atoms with van der Waals surface area (Å²) in [5.74, 6) is 0. The molecule has 2 aromatic heterocycles. The number of hydrogen-bond donors (Lipinski definition) is 0. The first-order valence-corrected chi connectivity index (χ1v) is 8.42. The van der Waals surface area contributed by atoms with Crippen molar-refractivity contribution >= 4 is 16.4 Å². The molecule has 0 N–H and O–H groups in total. The normalized spacial score (nSPS) is 11.4. The van der Waals surface area contributed by atoms with E-state index >= 15 is 0 Å². The van der Waals surface area contributed by atoms with Crippen molar-refractivity contribution in [3.05, 3.63) is 78.0 Å². The molecule has 0 amide bonds.